The number of benzene rings is 1. The molecule has 0 saturated carbocycles. The fourth-order valence-corrected chi connectivity index (χ4v) is 2.65. The smallest absolute Gasteiger partial charge is 0.332 e. The number of nitrogens with zero attached hydrogens (tertiary/aromatic N) is 2. The summed E-state index contributed by atoms with van der Waals surface area (Å²) in [6.45, 7) is 4.77. The third-order valence-corrected chi connectivity index (χ3v) is 3.90. The molecule has 1 aliphatic heterocycles. The van der Waals surface area contributed by atoms with Crippen molar-refractivity contribution in [1.29, 1.82) is 0 Å². The zero-order valence-electron chi connectivity index (χ0n) is 14.2. The minimum Gasteiger partial charge on any atom is -0.383 e. The maximum Gasteiger partial charge on any atom is 0.332 e. The SMILES string of the molecule is CCNC(=O)C[C@@H]1C(=O)N(c2ccc(C)cc2)C(=O)N1CCOC. The van der Waals surface area contributed by atoms with Crippen molar-refractivity contribution in [2.45, 2.75) is 26.3 Å². The number of imide groups is 1. The summed E-state index contributed by atoms with van der Waals surface area (Å²) in [7, 11) is 1.53. The average Bonchev–Trinajstić information content (AvgIpc) is 2.77. The molecule has 1 aromatic carbocycles. The summed E-state index contributed by atoms with van der Waals surface area (Å²) in [6.07, 6.45) is -0.0511. The van der Waals surface area contributed by atoms with Gasteiger partial charge in [-0.25, -0.2) is 9.69 Å². The second-order valence-electron chi connectivity index (χ2n) is 5.65. The molecule has 2 rings (SSSR count). The normalized spacial score (nSPS) is 17.5. The molecule has 1 aliphatic rings. The van der Waals surface area contributed by atoms with Gasteiger partial charge in [-0.05, 0) is 26.0 Å². The van der Waals surface area contributed by atoms with Gasteiger partial charge in [0.2, 0.25) is 5.91 Å². The number of amides is 4. The molecule has 1 fully saturated rings. The molecule has 0 bridgehead atoms. The van der Waals surface area contributed by atoms with Crippen LogP contribution in [0.3, 0.4) is 0 Å². The minimum absolute atomic E-state index is 0.0511. The fourth-order valence-electron chi connectivity index (χ4n) is 2.65. The van der Waals surface area contributed by atoms with Gasteiger partial charge in [0.15, 0.2) is 0 Å². The topological polar surface area (TPSA) is 79.0 Å². The summed E-state index contributed by atoms with van der Waals surface area (Å²) in [5, 5.41) is 2.67. The van der Waals surface area contributed by atoms with E-state index in [1.165, 1.54) is 12.0 Å². The second kappa shape index (κ2) is 7.92. The van der Waals surface area contributed by atoms with E-state index in [1.54, 1.807) is 19.1 Å². The number of nitrogens with one attached hydrogen (secondary N) is 1. The van der Waals surface area contributed by atoms with Crippen LogP contribution in [0.15, 0.2) is 24.3 Å². The van der Waals surface area contributed by atoms with E-state index in [4.69, 9.17) is 4.74 Å². The van der Waals surface area contributed by atoms with Crippen LogP contribution in [-0.2, 0) is 14.3 Å². The van der Waals surface area contributed by atoms with Gasteiger partial charge in [0, 0.05) is 20.2 Å². The first-order valence-electron chi connectivity index (χ1n) is 7.96. The standard InChI is InChI=1S/C17H23N3O4/c1-4-18-15(21)11-14-16(22)20(13-7-5-12(2)6-8-13)17(23)19(14)9-10-24-3/h5-8,14H,4,9-11H2,1-3H3,(H,18,21)/t14-/m1/s1. The number of rotatable bonds is 7. The maximum atomic E-state index is 12.8. The summed E-state index contributed by atoms with van der Waals surface area (Å²) in [4.78, 5) is 39.9. The van der Waals surface area contributed by atoms with Crippen molar-refractivity contribution in [3.05, 3.63) is 29.8 Å². The highest BCUT2D eigenvalue weighted by Crippen LogP contribution is 2.26. The van der Waals surface area contributed by atoms with E-state index in [2.05, 4.69) is 5.32 Å². The number of carbonyl (C=O) groups is 3. The van der Waals surface area contributed by atoms with E-state index in [1.807, 2.05) is 19.1 Å². The van der Waals surface area contributed by atoms with Crippen LogP contribution in [0.4, 0.5) is 10.5 Å². The summed E-state index contributed by atoms with van der Waals surface area (Å²) in [5.41, 5.74) is 1.55. The lowest BCUT2D eigenvalue weighted by Gasteiger charge is -2.20. The molecular formula is C17H23N3O4. The quantitative estimate of drug-likeness (QED) is 0.763. The Hall–Kier alpha value is -2.41. The van der Waals surface area contributed by atoms with Crippen LogP contribution < -0.4 is 10.2 Å². The molecule has 130 valence electrons. The monoisotopic (exact) mass is 333 g/mol. The Morgan fingerprint density at radius 1 is 1.25 bits per heavy atom. The van der Waals surface area contributed by atoms with E-state index in [0.717, 1.165) is 10.5 Å². The summed E-state index contributed by atoms with van der Waals surface area (Å²) in [6, 6.07) is 5.91. The predicted molar refractivity (Wildman–Crippen MR) is 89.7 cm³/mol. The molecule has 0 aliphatic carbocycles. The molecule has 0 radical (unpaired) electrons. The Bertz CT molecular complexity index is 615. The van der Waals surface area contributed by atoms with Crippen LogP contribution in [0.25, 0.3) is 0 Å². The molecule has 0 unspecified atom stereocenters. The Balaban J connectivity index is 2.27. The molecule has 0 aromatic heterocycles. The molecule has 0 spiro atoms. The largest absolute Gasteiger partial charge is 0.383 e. The molecule has 1 heterocycles. The van der Waals surface area contributed by atoms with Gasteiger partial charge in [-0.15, -0.1) is 0 Å². The lowest BCUT2D eigenvalue weighted by molar-refractivity contribution is -0.127. The van der Waals surface area contributed by atoms with E-state index in [9.17, 15) is 14.4 Å². The third kappa shape index (κ3) is 3.73. The van der Waals surface area contributed by atoms with Crippen molar-refractivity contribution in [2.75, 3.05) is 31.7 Å². The lowest BCUT2D eigenvalue weighted by Crippen LogP contribution is -2.41. The van der Waals surface area contributed by atoms with Crippen molar-refractivity contribution < 1.29 is 19.1 Å². The Morgan fingerprint density at radius 3 is 2.50 bits per heavy atom. The van der Waals surface area contributed by atoms with E-state index < -0.39 is 12.1 Å². The van der Waals surface area contributed by atoms with Gasteiger partial charge in [-0.2, -0.15) is 0 Å². The highest BCUT2D eigenvalue weighted by Gasteiger charge is 2.46. The highest BCUT2D eigenvalue weighted by atomic mass is 16.5. The summed E-state index contributed by atoms with van der Waals surface area (Å²) >= 11 is 0. The number of carbonyl (C=O) groups excluding carboxylic acids is 3. The van der Waals surface area contributed by atoms with Crippen LogP contribution in [0, 0.1) is 6.92 Å². The third-order valence-electron chi connectivity index (χ3n) is 3.90. The molecule has 4 amide bonds. The molecule has 7 heteroatoms. The number of urea groups is 1. The summed E-state index contributed by atoms with van der Waals surface area (Å²) in [5.74, 6) is -0.636. The van der Waals surface area contributed by atoms with Crippen LogP contribution in [0.1, 0.15) is 18.9 Å². The van der Waals surface area contributed by atoms with Crippen molar-refractivity contribution >= 4 is 23.5 Å². The molecule has 1 atom stereocenters. The first-order valence-corrected chi connectivity index (χ1v) is 7.96. The van der Waals surface area contributed by atoms with Gasteiger partial charge in [0.25, 0.3) is 5.91 Å². The molecule has 24 heavy (non-hydrogen) atoms. The number of hydrogen-bond acceptors (Lipinski definition) is 4. The molecule has 7 nitrogen and oxygen atoms in total. The molecule has 1 saturated heterocycles. The summed E-state index contributed by atoms with van der Waals surface area (Å²) < 4.78 is 5.02. The van der Waals surface area contributed by atoms with Crippen LogP contribution in [0.5, 0.6) is 0 Å². The van der Waals surface area contributed by atoms with E-state index in [-0.39, 0.29) is 24.8 Å². The van der Waals surface area contributed by atoms with Crippen LogP contribution in [-0.4, -0.2) is 55.6 Å². The van der Waals surface area contributed by atoms with Gasteiger partial charge in [0.05, 0.1) is 18.7 Å². The molecule has 1 N–H and O–H groups in total. The number of anilines is 1. The minimum atomic E-state index is -0.805. The second-order valence-corrected chi connectivity index (χ2v) is 5.65. The van der Waals surface area contributed by atoms with Gasteiger partial charge >= 0.3 is 6.03 Å². The van der Waals surface area contributed by atoms with Gasteiger partial charge in [-0.1, -0.05) is 17.7 Å². The van der Waals surface area contributed by atoms with Crippen molar-refractivity contribution in [3.8, 4) is 0 Å². The van der Waals surface area contributed by atoms with Crippen molar-refractivity contribution in [2.24, 2.45) is 0 Å². The number of methoxy groups -OCH3 is 1. The van der Waals surface area contributed by atoms with Crippen molar-refractivity contribution in [3.63, 3.8) is 0 Å². The molecule has 1 aromatic rings. The molecular weight excluding hydrogens is 310 g/mol. The van der Waals surface area contributed by atoms with Crippen LogP contribution >= 0.6 is 0 Å². The first kappa shape index (κ1) is 17.9. The Labute approximate surface area is 141 Å². The predicted octanol–water partition coefficient (Wildman–Crippen LogP) is 1.30. The highest BCUT2D eigenvalue weighted by molar-refractivity contribution is 6.22. The van der Waals surface area contributed by atoms with Crippen molar-refractivity contribution in [1.82, 2.24) is 10.2 Å². The maximum absolute atomic E-state index is 12.8. The van der Waals surface area contributed by atoms with E-state index in [0.29, 0.717) is 18.8 Å². The van der Waals surface area contributed by atoms with Crippen LogP contribution in [0.2, 0.25) is 0 Å². The van der Waals surface area contributed by atoms with Gasteiger partial charge in [0.1, 0.15) is 6.04 Å². The number of hydrogen-bond donors (Lipinski definition) is 1. The zero-order valence-corrected chi connectivity index (χ0v) is 14.2. The number of ether oxygens (including phenoxy) is 1. The van der Waals surface area contributed by atoms with E-state index >= 15 is 0 Å². The Morgan fingerprint density at radius 2 is 1.92 bits per heavy atom. The first-order chi connectivity index (χ1) is 11.5. The number of aryl methyl sites for hydroxylation is 1. The zero-order chi connectivity index (χ0) is 17.7. The fraction of sp³-hybridized carbons (Fsp3) is 0.471. The average molecular weight is 333 g/mol. The lowest BCUT2D eigenvalue weighted by atomic mass is 10.1. The van der Waals surface area contributed by atoms with Gasteiger partial charge in [-0.3, -0.25) is 9.59 Å². The van der Waals surface area contributed by atoms with Gasteiger partial charge < -0.3 is 15.0 Å². The Kier molecular flexibility index (Phi) is 5.92.